The molecule has 0 aromatic heterocycles. The lowest BCUT2D eigenvalue weighted by molar-refractivity contribution is -0.121. The third-order valence-corrected chi connectivity index (χ3v) is 6.70. The van der Waals surface area contributed by atoms with Gasteiger partial charge in [-0.15, -0.1) is 11.8 Å². The Morgan fingerprint density at radius 2 is 2.10 bits per heavy atom. The van der Waals surface area contributed by atoms with E-state index in [4.69, 9.17) is 0 Å². The van der Waals surface area contributed by atoms with Crippen molar-refractivity contribution in [2.75, 3.05) is 28.7 Å². The van der Waals surface area contributed by atoms with Crippen molar-refractivity contribution in [3.8, 4) is 0 Å². The molecule has 0 aliphatic carbocycles. The van der Waals surface area contributed by atoms with Crippen LogP contribution in [0.15, 0.2) is 29.2 Å². The summed E-state index contributed by atoms with van der Waals surface area (Å²) in [5.41, 5.74) is 0.935. The summed E-state index contributed by atoms with van der Waals surface area (Å²) >= 11 is 1.76. The minimum atomic E-state index is -3.02. The first-order chi connectivity index (χ1) is 9.57. The second kappa shape index (κ2) is 5.41. The van der Waals surface area contributed by atoms with Gasteiger partial charge in [-0.3, -0.25) is 4.79 Å². The third kappa shape index (κ3) is 2.72. The van der Waals surface area contributed by atoms with Crippen LogP contribution in [0.4, 0.5) is 5.69 Å². The topological polar surface area (TPSA) is 54.5 Å². The summed E-state index contributed by atoms with van der Waals surface area (Å²) < 4.78 is 23.1. The first-order valence-corrected chi connectivity index (χ1v) is 9.61. The molecule has 20 heavy (non-hydrogen) atoms. The zero-order chi connectivity index (χ0) is 14.2. The van der Waals surface area contributed by atoms with Crippen molar-refractivity contribution in [1.29, 1.82) is 0 Å². The molecule has 1 atom stereocenters. The molecule has 6 heteroatoms. The van der Waals surface area contributed by atoms with Gasteiger partial charge in [-0.1, -0.05) is 12.1 Å². The molecule has 0 bridgehead atoms. The van der Waals surface area contributed by atoms with Crippen molar-refractivity contribution in [1.82, 2.24) is 0 Å². The number of nitrogens with zero attached hydrogens (tertiary/aromatic N) is 1. The molecule has 4 nitrogen and oxygen atoms in total. The molecule has 2 aliphatic heterocycles. The number of sulfone groups is 1. The summed E-state index contributed by atoms with van der Waals surface area (Å²) in [5.74, 6) is 0.756. The molecule has 0 N–H and O–H groups in total. The number of carbonyl (C=O) groups excluding carboxylic acids is 1. The molecule has 2 aliphatic rings. The predicted molar refractivity (Wildman–Crippen MR) is 80.9 cm³/mol. The smallest absolute Gasteiger partial charge is 0.231 e. The van der Waals surface area contributed by atoms with E-state index in [1.807, 2.05) is 24.3 Å². The summed E-state index contributed by atoms with van der Waals surface area (Å²) in [6, 6.07) is 7.88. The lowest BCUT2D eigenvalue weighted by atomic mass is 10.1. The Balaban J connectivity index is 1.88. The van der Waals surface area contributed by atoms with E-state index in [-0.39, 0.29) is 23.3 Å². The van der Waals surface area contributed by atoms with Gasteiger partial charge in [-0.05, 0) is 30.7 Å². The lowest BCUT2D eigenvalue weighted by Crippen LogP contribution is -2.37. The molecular formula is C14H17NO3S2. The Hall–Kier alpha value is -1.01. The highest BCUT2D eigenvalue weighted by molar-refractivity contribution is 7.99. The average molecular weight is 311 g/mol. The monoisotopic (exact) mass is 311 g/mol. The number of hydrogen-bond donors (Lipinski definition) is 0. The fourth-order valence-electron chi connectivity index (χ4n) is 2.77. The van der Waals surface area contributed by atoms with Crippen LogP contribution in [0.5, 0.6) is 0 Å². The lowest BCUT2D eigenvalue weighted by Gasteiger charge is -2.25. The van der Waals surface area contributed by atoms with E-state index in [9.17, 15) is 13.2 Å². The van der Waals surface area contributed by atoms with E-state index in [0.29, 0.717) is 13.0 Å². The van der Waals surface area contributed by atoms with E-state index in [0.717, 1.165) is 22.8 Å². The maximum Gasteiger partial charge on any atom is 0.231 e. The fraction of sp³-hybridized carbons (Fsp3) is 0.500. The van der Waals surface area contributed by atoms with Crippen LogP contribution >= 0.6 is 11.8 Å². The van der Waals surface area contributed by atoms with Crippen LogP contribution in [0.3, 0.4) is 0 Å². The molecular weight excluding hydrogens is 294 g/mol. The van der Waals surface area contributed by atoms with Crippen LogP contribution in [0.2, 0.25) is 0 Å². The first-order valence-electron chi connectivity index (χ1n) is 6.80. The summed E-state index contributed by atoms with van der Waals surface area (Å²) in [5, 5.41) is 0. The number of thioether (sulfide) groups is 1. The quantitative estimate of drug-likeness (QED) is 0.795. The number of carbonyl (C=O) groups is 1. The fourth-order valence-corrected chi connectivity index (χ4v) is 5.49. The molecule has 1 amide bonds. The zero-order valence-electron chi connectivity index (χ0n) is 11.1. The summed E-state index contributed by atoms with van der Waals surface area (Å²) in [6.07, 6.45) is 1.40. The highest BCUT2D eigenvalue weighted by Crippen LogP contribution is 2.35. The van der Waals surface area contributed by atoms with Crippen molar-refractivity contribution in [3.05, 3.63) is 24.3 Å². The molecule has 1 aromatic rings. The van der Waals surface area contributed by atoms with E-state index in [2.05, 4.69) is 0 Å². The molecule has 0 spiro atoms. The van der Waals surface area contributed by atoms with Crippen LogP contribution < -0.4 is 4.90 Å². The minimum absolute atomic E-state index is 0.0116. The van der Waals surface area contributed by atoms with Crippen molar-refractivity contribution >= 4 is 33.2 Å². The second-order valence-electron chi connectivity index (χ2n) is 5.26. The third-order valence-electron chi connectivity index (χ3n) is 3.79. The van der Waals surface area contributed by atoms with Crippen molar-refractivity contribution in [3.63, 3.8) is 0 Å². The molecule has 0 unspecified atom stereocenters. The summed E-state index contributed by atoms with van der Waals surface area (Å²) in [7, 11) is -3.02. The highest BCUT2D eigenvalue weighted by Gasteiger charge is 2.36. The Morgan fingerprint density at radius 3 is 2.85 bits per heavy atom. The van der Waals surface area contributed by atoms with E-state index >= 15 is 0 Å². The van der Waals surface area contributed by atoms with Gasteiger partial charge in [0.1, 0.15) is 0 Å². The Morgan fingerprint density at radius 1 is 1.30 bits per heavy atom. The first kappa shape index (κ1) is 13.9. The molecule has 108 valence electrons. The molecule has 1 aromatic carbocycles. The SMILES string of the molecule is O=C([C@H]1CCS(=O)(=O)C1)N1CCCSc2ccccc21. The summed E-state index contributed by atoms with van der Waals surface area (Å²) in [6.45, 7) is 0.680. The maximum atomic E-state index is 12.7. The number of benzene rings is 1. The van der Waals surface area contributed by atoms with Gasteiger partial charge >= 0.3 is 0 Å². The standard InChI is InChI=1S/C14H17NO3S2/c16-14(11-6-9-20(17,18)10-11)15-7-3-8-19-13-5-2-1-4-12(13)15/h1-2,4-5,11H,3,6-10H2/t11-/m0/s1. The van der Waals surface area contributed by atoms with Gasteiger partial charge in [0.2, 0.25) is 5.91 Å². The summed E-state index contributed by atoms with van der Waals surface area (Å²) in [4.78, 5) is 15.6. The van der Waals surface area contributed by atoms with Crippen LogP contribution in [-0.4, -0.2) is 38.1 Å². The van der Waals surface area contributed by atoms with Crippen molar-refractivity contribution in [2.24, 2.45) is 5.92 Å². The molecule has 0 radical (unpaired) electrons. The molecule has 1 saturated heterocycles. The molecule has 2 heterocycles. The number of fused-ring (bicyclic) bond motifs is 1. The molecule has 0 saturated carbocycles. The van der Waals surface area contributed by atoms with E-state index in [1.165, 1.54) is 0 Å². The zero-order valence-corrected chi connectivity index (χ0v) is 12.8. The molecule has 1 fully saturated rings. The van der Waals surface area contributed by atoms with Crippen molar-refractivity contribution in [2.45, 2.75) is 17.7 Å². The van der Waals surface area contributed by atoms with Gasteiger partial charge in [-0.25, -0.2) is 8.42 Å². The largest absolute Gasteiger partial charge is 0.311 e. The van der Waals surface area contributed by atoms with Crippen LogP contribution in [0, 0.1) is 5.92 Å². The van der Waals surface area contributed by atoms with Gasteiger partial charge in [0, 0.05) is 11.4 Å². The van der Waals surface area contributed by atoms with Crippen LogP contribution in [0.1, 0.15) is 12.8 Å². The maximum absolute atomic E-state index is 12.7. The van der Waals surface area contributed by atoms with Crippen molar-refractivity contribution < 1.29 is 13.2 Å². The van der Waals surface area contributed by atoms with Gasteiger partial charge in [0.05, 0.1) is 23.1 Å². The number of rotatable bonds is 1. The normalized spacial score (nSPS) is 25.0. The number of anilines is 1. The Bertz CT molecular complexity index is 627. The number of hydrogen-bond acceptors (Lipinski definition) is 4. The Labute approximate surface area is 123 Å². The minimum Gasteiger partial charge on any atom is -0.311 e. The van der Waals surface area contributed by atoms with E-state index < -0.39 is 9.84 Å². The second-order valence-corrected chi connectivity index (χ2v) is 8.63. The van der Waals surface area contributed by atoms with Gasteiger partial charge in [0.25, 0.3) is 0 Å². The molecule has 3 rings (SSSR count). The van der Waals surface area contributed by atoms with Gasteiger partial charge in [0.15, 0.2) is 9.84 Å². The highest BCUT2D eigenvalue weighted by atomic mass is 32.2. The van der Waals surface area contributed by atoms with E-state index in [1.54, 1.807) is 16.7 Å². The predicted octanol–water partition coefficient (Wildman–Crippen LogP) is 1.95. The van der Waals surface area contributed by atoms with Crippen LogP contribution in [-0.2, 0) is 14.6 Å². The van der Waals surface area contributed by atoms with Gasteiger partial charge < -0.3 is 4.90 Å². The average Bonchev–Trinajstić information content (AvgIpc) is 2.68. The van der Waals surface area contributed by atoms with Gasteiger partial charge in [-0.2, -0.15) is 0 Å². The number of para-hydroxylation sites is 1. The van der Waals surface area contributed by atoms with Crippen LogP contribution in [0.25, 0.3) is 0 Å². The Kier molecular flexibility index (Phi) is 3.77. The number of amides is 1.